The fourth-order valence-electron chi connectivity index (χ4n) is 1.47. The third-order valence-corrected chi connectivity index (χ3v) is 2.15. The first kappa shape index (κ1) is 10.6. The smallest absolute Gasteiger partial charge is 0.0744 e. The number of rotatable bonds is 3. The lowest BCUT2D eigenvalue weighted by Gasteiger charge is -2.10. The molecule has 0 saturated heterocycles. The van der Waals surface area contributed by atoms with Gasteiger partial charge in [-0.3, -0.25) is 9.98 Å². The topological polar surface area (TPSA) is 24.7 Å². The predicted molar refractivity (Wildman–Crippen MR) is 63.3 cm³/mol. The highest BCUT2D eigenvalue weighted by molar-refractivity contribution is 5.88. The number of hydrogen-bond acceptors (Lipinski definition) is 2. The van der Waals surface area contributed by atoms with E-state index in [9.17, 15) is 0 Å². The average molecular weight is 188 g/mol. The van der Waals surface area contributed by atoms with Crippen LogP contribution in [0.5, 0.6) is 0 Å². The van der Waals surface area contributed by atoms with Crippen molar-refractivity contribution in [2.45, 2.75) is 19.8 Å². The largest absolute Gasteiger partial charge is 0.296 e. The molecule has 1 rings (SSSR count). The fourth-order valence-corrected chi connectivity index (χ4v) is 1.47. The molecule has 0 bridgehead atoms. The minimum atomic E-state index is 0.459. The first-order chi connectivity index (χ1) is 6.70. The van der Waals surface area contributed by atoms with Gasteiger partial charge in [-0.05, 0) is 18.2 Å². The van der Waals surface area contributed by atoms with Crippen molar-refractivity contribution in [3.63, 3.8) is 0 Å². The summed E-state index contributed by atoms with van der Waals surface area (Å²) in [5.41, 5.74) is 3.21. The minimum Gasteiger partial charge on any atom is -0.296 e. The van der Waals surface area contributed by atoms with E-state index in [2.05, 4.69) is 36.6 Å². The highest BCUT2D eigenvalue weighted by Crippen LogP contribution is 2.28. The van der Waals surface area contributed by atoms with Gasteiger partial charge < -0.3 is 0 Å². The van der Waals surface area contributed by atoms with Gasteiger partial charge in [0.1, 0.15) is 0 Å². The van der Waals surface area contributed by atoms with Crippen LogP contribution >= 0.6 is 0 Å². The molecular formula is C12H16N2. The van der Waals surface area contributed by atoms with Crippen LogP contribution in [0, 0.1) is 0 Å². The number of aliphatic imine (C=N–C) groups is 2. The molecule has 0 spiro atoms. The van der Waals surface area contributed by atoms with E-state index in [1.54, 1.807) is 7.05 Å². The molecule has 74 valence electrons. The summed E-state index contributed by atoms with van der Waals surface area (Å²) in [7, 11) is 1.76. The second-order valence-electron chi connectivity index (χ2n) is 3.49. The van der Waals surface area contributed by atoms with Gasteiger partial charge in [-0.15, -0.1) is 0 Å². The van der Waals surface area contributed by atoms with Crippen molar-refractivity contribution >= 4 is 18.6 Å². The zero-order chi connectivity index (χ0) is 10.6. The summed E-state index contributed by atoms with van der Waals surface area (Å²) < 4.78 is 0. The van der Waals surface area contributed by atoms with E-state index in [-0.39, 0.29) is 0 Å². The van der Waals surface area contributed by atoms with Crippen molar-refractivity contribution < 1.29 is 0 Å². The third kappa shape index (κ3) is 2.08. The van der Waals surface area contributed by atoms with Crippen LogP contribution in [0.15, 0.2) is 28.2 Å². The molecule has 1 aromatic rings. The van der Waals surface area contributed by atoms with Crippen LogP contribution in [0.25, 0.3) is 0 Å². The van der Waals surface area contributed by atoms with Crippen LogP contribution in [0.2, 0.25) is 0 Å². The Balaban J connectivity index is 3.31. The molecule has 14 heavy (non-hydrogen) atoms. The average Bonchev–Trinajstić information content (AvgIpc) is 2.18. The minimum absolute atomic E-state index is 0.459. The highest BCUT2D eigenvalue weighted by Gasteiger charge is 2.07. The lowest BCUT2D eigenvalue weighted by Crippen LogP contribution is -1.92. The molecule has 2 heteroatoms. The van der Waals surface area contributed by atoms with Gasteiger partial charge in [0.15, 0.2) is 0 Å². The SMILES string of the molecule is C=Nc1c(C=NC)cccc1C(C)C. The van der Waals surface area contributed by atoms with Crippen molar-refractivity contribution in [3.8, 4) is 0 Å². The summed E-state index contributed by atoms with van der Waals surface area (Å²) in [6, 6.07) is 6.12. The second-order valence-corrected chi connectivity index (χ2v) is 3.49. The molecule has 0 amide bonds. The van der Waals surface area contributed by atoms with Gasteiger partial charge in [0.05, 0.1) is 5.69 Å². The number of nitrogens with zero attached hydrogens (tertiary/aromatic N) is 2. The molecule has 0 aliphatic rings. The van der Waals surface area contributed by atoms with E-state index in [4.69, 9.17) is 0 Å². The number of benzene rings is 1. The number of para-hydroxylation sites is 1. The van der Waals surface area contributed by atoms with Crippen LogP contribution in [0.1, 0.15) is 30.9 Å². The fraction of sp³-hybridized carbons (Fsp3) is 0.333. The van der Waals surface area contributed by atoms with Crippen molar-refractivity contribution in [2.24, 2.45) is 9.98 Å². The van der Waals surface area contributed by atoms with Crippen LogP contribution in [0.3, 0.4) is 0 Å². The molecule has 0 atom stereocenters. The summed E-state index contributed by atoms with van der Waals surface area (Å²) in [4.78, 5) is 8.07. The Morgan fingerprint density at radius 2 is 2.07 bits per heavy atom. The Morgan fingerprint density at radius 1 is 1.36 bits per heavy atom. The third-order valence-electron chi connectivity index (χ3n) is 2.15. The van der Waals surface area contributed by atoms with Crippen LogP contribution in [-0.4, -0.2) is 20.0 Å². The maximum atomic E-state index is 4.07. The zero-order valence-electron chi connectivity index (χ0n) is 8.99. The van der Waals surface area contributed by atoms with Gasteiger partial charge in [0.2, 0.25) is 0 Å². The summed E-state index contributed by atoms with van der Waals surface area (Å²) in [5, 5.41) is 0. The molecule has 0 N–H and O–H groups in total. The van der Waals surface area contributed by atoms with E-state index in [1.165, 1.54) is 5.56 Å². The quantitative estimate of drug-likeness (QED) is 0.651. The van der Waals surface area contributed by atoms with Crippen molar-refractivity contribution in [2.75, 3.05) is 7.05 Å². The first-order valence-corrected chi connectivity index (χ1v) is 4.72. The normalized spacial score (nSPS) is 11.1. The summed E-state index contributed by atoms with van der Waals surface area (Å²) in [6.45, 7) is 7.90. The molecule has 0 saturated carbocycles. The van der Waals surface area contributed by atoms with Gasteiger partial charge in [-0.25, -0.2) is 0 Å². The van der Waals surface area contributed by atoms with Crippen molar-refractivity contribution in [1.29, 1.82) is 0 Å². The Hall–Kier alpha value is -1.44. The van der Waals surface area contributed by atoms with E-state index in [0.717, 1.165) is 11.3 Å². The molecule has 0 aliphatic heterocycles. The highest BCUT2D eigenvalue weighted by atomic mass is 14.7. The van der Waals surface area contributed by atoms with Gasteiger partial charge >= 0.3 is 0 Å². The molecule has 0 unspecified atom stereocenters. The van der Waals surface area contributed by atoms with E-state index in [0.29, 0.717) is 5.92 Å². The maximum absolute atomic E-state index is 4.07. The van der Waals surface area contributed by atoms with Gasteiger partial charge in [0.25, 0.3) is 0 Å². The molecule has 0 fully saturated rings. The molecule has 0 aliphatic carbocycles. The lowest BCUT2D eigenvalue weighted by atomic mass is 9.98. The summed E-state index contributed by atoms with van der Waals surface area (Å²) in [6.07, 6.45) is 1.82. The molecular weight excluding hydrogens is 172 g/mol. The Bertz CT molecular complexity index is 351. The molecule has 0 heterocycles. The molecule has 1 aromatic carbocycles. The van der Waals surface area contributed by atoms with Crippen LogP contribution < -0.4 is 0 Å². The summed E-state index contributed by atoms with van der Waals surface area (Å²) >= 11 is 0. The van der Waals surface area contributed by atoms with E-state index in [1.807, 2.05) is 18.3 Å². The predicted octanol–water partition coefficient (Wildman–Crippen LogP) is 3.19. The van der Waals surface area contributed by atoms with Crippen LogP contribution in [-0.2, 0) is 0 Å². The van der Waals surface area contributed by atoms with Crippen LogP contribution in [0.4, 0.5) is 5.69 Å². The Morgan fingerprint density at radius 3 is 2.57 bits per heavy atom. The Labute approximate surface area is 85.4 Å². The monoisotopic (exact) mass is 188 g/mol. The second kappa shape index (κ2) is 4.70. The first-order valence-electron chi connectivity index (χ1n) is 4.72. The van der Waals surface area contributed by atoms with Gasteiger partial charge in [-0.2, -0.15) is 0 Å². The molecule has 0 aromatic heterocycles. The molecule has 2 nitrogen and oxygen atoms in total. The van der Waals surface area contributed by atoms with Crippen molar-refractivity contribution in [1.82, 2.24) is 0 Å². The Kier molecular flexibility index (Phi) is 3.57. The molecule has 0 radical (unpaired) electrons. The van der Waals surface area contributed by atoms with Gasteiger partial charge in [0, 0.05) is 18.8 Å². The summed E-state index contributed by atoms with van der Waals surface area (Å²) in [5.74, 6) is 0.459. The van der Waals surface area contributed by atoms with Gasteiger partial charge in [-0.1, -0.05) is 32.0 Å². The van der Waals surface area contributed by atoms with E-state index < -0.39 is 0 Å². The zero-order valence-corrected chi connectivity index (χ0v) is 8.99. The van der Waals surface area contributed by atoms with E-state index >= 15 is 0 Å². The number of hydrogen-bond donors (Lipinski definition) is 0. The standard InChI is InChI=1S/C12H16N2/c1-9(2)11-7-5-6-10(8-13-3)12(11)14-4/h5-9H,4H2,1-3H3. The lowest BCUT2D eigenvalue weighted by molar-refractivity contribution is 0.867. The van der Waals surface area contributed by atoms with Crippen molar-refractivity contribution in [3.05, 3.63) is 29.3 Å². The maximum Gasteiger partial charge on any atom is 0.0744 e.